The Morgan fingerprint density at radius 1 is 1.13 bits per heavy atom. The van der Waals surface area contributed by atoms with Gasteiger partial charge in [0, 0.05) is 12.2 Å². The van der Waals surface area contributed by atoms with Crippen LogP contribution in [0.1, 0.15) is 16.1 Å². The molecular weight excluding hydrogens is 290 g/mol. The topological polar surface area (TPSA) is 58.4 Å². The number of fused-ring (bicyclic) bond motifs is 1. The fourth-order valence-electron chi connectivity index (χ4n) is 2.81. The molecule has 5 heteroatoms. The summed E-state index contributed by atoms with van der Waals surface area (Å²) in [5, 5.41) is 2.72. The van der Waals surface area contributed by atoms with Crippen LogP contribution in [-0.4, -0.2) is 17.4 Å². The number of benzene rings is 1. The van der Waals surface area contributed by atoms with Gasteiger partial charge in [0.05, 0.1) is 18.1 Å². The Hall–Kier alpha value is -3.08. The van der Waals surface area contributed by atoms with Crippen LogP contribution >= 0.6 is 0 Å². The van der Waals surface area contributed by atoms with Crippen LogP contribution in [0, 0.1) is 0 Å². The average Bonchev–Trinajstić information content (AvgIpc) is 3.25. The smallest absolute Gasteiger partial charge is 0.292 e. The number of furan rings is 1. The number of carbonyl (C=O) groups is 1. The number of para-hydroxylation sites is 1. The zero-order valence-corrected chi connectivity index (χ0v) is 12.4. The second-order valence-corrected chi connectivity index (χ2v) is 5.36. The molecule has 1 aliphatic rings. The normalized spacial score (nSPS) is 13.0. The number of aromatic nitrogens is 1. The van der Waals surface area contributed by atoms with Gasteiger partial charge in [0.2, 0.25) is 0 Å². The Morgan fingerprint density at radius 3 is 2.83 bits per heavy atom. The number of hydrogen-bond donors (Lipinski definition) is 1. The predicted molar refractivity (Wildman–Crippen MR) is 88.1 cm³/mol. The van der Waals surface area contributed by atoms with Gasteiger partial charge in [0.15, 0.2) is 5.76 Å². The van der Waals surface area contributed by atoms with Crippen molar-refractivity contribution in [2.75, 3.05) is 16.8 Å². The fourth-order valence-corrected chi connectivity index (χ4v) is 2.81. The molecule has 0 fully saturated rings. The fraction of sp³-hybridized carbons (Fsp3) is 0.111. The number of pyridine rings is 1. The maximum Gasteiger partial charge on any atom is 0.292 e. The summed E-state index contributed by atoms with van der Waals surface area (Å²) in [5.41, 5.74) is 3.59. The van der Waals surface area contributed by atoms with Crippen molar-refractivity contribution in [1.82, 2.24) is 4.98 Å². The highest BCUT2D eigenvalue weighted by Gasteiger charge is 2.20. The van der Waals surface area contributed by atoms with Gasteiger partial charge in [-0.25, -0.2) is 4.98 Å². The molecule has 0 aliphatic carbocycles. The molecule has 114 valence electrons. The van der Waals surface area contributed by atoms with Gasteiger partial charge in [-0.1, -0.05) is 18.2 Å². The monoisotopic (exact) mass is 305 g/mol. The molecule has 0 unspecified atom stereocenters. The third-order valence-corrected chi connectivity index (χ3v) is 3.93. The van der Waals surface area contributed by atoms with Crippen molar-refractivity contribution in [3.63, 3.8) is 0 Å². The van der Waals surface area contributed by atoms with Gasteiger partial charge in [-0.3, -0.25) is 4.79 Å². The van der Waals surface area contributed by atoms with Gasteiger partial charge in [0.25, 0.3) is 5.91 Å². The summed E-state index contributed by atoms with van der Waals surface area (Å²) in [7, 11) is 0. The van der Waals surface area contributed by atoms with E-state index in [2.05, 4.69) is 33.4 Å². The van der Waals surface area contributed by atoms with Crippen LogP contribution in [-0.2, 0) is 6.42 Å². The van der Waals surface area contributed by atoms with Crippen molar-refractivity contribution < 1.29 is 9.21 Å². The quantitative estimate of drug-likeness (QED) is 0.803. The zero-order valence-electron chi connectivity index (χ0n) is 12.4. The van der Waals surface area contributed by atoms with E-state index in [0.717, 1.165) is 18.7 Å². The molecule has 1 aliphatic heterocycles. The molecule has 1 N–H and O–H groups in total. The predicted octanol–water partition coefficient (Wildman–Crippen LogP) is 3.62. The number of anilines is 3. The maximum atomic E-state index is 11.9. The number of rotatable bonds is 3. The number of amides is 1. The van der Waals surface area contributed by atoms with Crippen molar-refractivity contribution in [2.24, 2.45) is 0 Å². The molecular formula is C18H15N3O2. The SMILES string of the molecule is O=C(Nc1ccc(N2CCc3ccccc32)cn1)c1ccco1. The standard InChI is InChI=1S/C18H15N3O2/c22-18(16-6-3-11-23-16)20-17-8-7-14(12-19-17)21-10-9-13-4-1-2-5-15(13)21/h1-8,11-12H,9-10H2,(H,19,20,22). The number of nitrogens with zero attached hydrogens (tertiary/aromatic N) is 2. The molecule has 2 aromatic heterocycles. The summed E-state index contributed by atoms with van der Waals surface area (Å²) in [6.45, 7) is 0.944. The minimum absolute atomic E-state index is 0.268. The molecule has 3 heterocycles. The first-order valence-electron chi connectivity index (χ1n) is 7.47. The molecule has 0 bridgehead atoms. The van der Waals surface area contributed by atoms with Gasteiger partial charge in [-0.2, -0.15) is 0 Å². The highest BCUT2D eigenvalue weighted by molar-refractivity contribution is 6.01. The van der Waals surface area contributed by atoms with E-state index in [1.807, 2.05) is 12.1 Å². The van der Waals surface area contributed by atoms with Gasteiger partial charge in [-0.05, 0) is 42.3 Å². The van der Waals surface area contributed by atoms with Crippen molar-refractivity contribution in [3.05, 3.63) is 72.3 Å². The first-order chi connectivity index (χ1) is 11.3. The Bertz CT molecular complexity index is 826. The van der Waals surface area contributed by atoms with E-state index >= 15 is 0 Å². The summed E-state index contributed by atoms with van der Waals surface area (Å²) in [4.78, 5) is 18.5. The molecule has 0 saturated carbocycles. The van der Waals surface area contributed by atoms with E-state index in [-0.39, 0.29) is 11.7 Å². The molecule has 3 aromatic rings. The first-order valence-corrected chi connectivity index (χ1v) is 7.47. The summed E-state index contributed by atoms with van der Waals surface area (Å²) < 4.78 is 5.06. The van der Waals surface area contributed by atoms with E-state index < -0.39 is 0 Å². The lowest BCUT2D eigenvalue weighted by Gasteiger charge is -2.19. The molecule has 1 aromatic carbocycles. The zero-order chi connectivity index (χ0) is 15.6. The van der Waals surface area contributed by atoms with Crippen LogP contribution in [0.5, 0.6) is 0 Å². The minimum atomic E-state index is -0.304. The molecule has 0 atom stereocenters. The Balaban J connectivity index is 1.52. The van der Waals surface area contributed by atoms with Crippen LogP contribution in [0.2, 0.25) is 0 Å². The molecule has 0 saturated heterocycles. The van der Waals surface area contributed by atoms with E-state index in [1.54, 1.807) is 24.4 Å². The third-order valence-electron chi connectivity index (χ3n) is 3.93. The maximum absolute atomic E-state index is 11.9. The first kappa shape index (κ1) is 13.6. The van der Waals surface area contributed by atoms with E-state index in [4.69, 9.17) is 4.42 Å². The van der Waals surface area contributed by atoms with E-state index in [1.165, 1.54) is 17.5 Å². The molecule has 1 amide bonds. The largest absolute Gasteiger partial charge is 0.459 e. The molecule has 0 spiro atoms. The van der Waals surface area contributed by atoms with Crippen molar-refractivity contribution in [3.8, 4) is 0 Å². The molecule has 23 heavy (non-hydrogen) atoms. The third kappa shape index (κ3) is 2.57. The van der Waals surface area contributed by atoms with Crippen LogP contribution in [0.3, 0.4) is 0 Å². The lowest BCUT2D eigenvalue weighted by Crippen LogP contribution is -2.15. The van der Waals surface area contributed by atoms with Crippen molar-refractivity contribution in [2.45, 2.75) is 6.42 Å². The van der Waals surface area contributed by atoms with Gasteiger partial charge in [0.1, 0.15) is 5.82 Å². The van der Waals surface area contributed by atoms with Gasteiger partial charge >= 0.3 is 0 Å². The molecule has 4 rings (SSSR count). The summed E-state index contributed by atoms with van der Waals surface area (Å²) in [6, 6.07) is 15.4. The molecule has 5 nitrogen and oxygen atoms in total. The number of hydrogen-bond acceptors (Lipinski definition) is 4. The minimum Gasteiger partial charge on any atom is -0.459 e. The molecule has 0 radical (unpaired) electrons. The Morgan fingerprint density at radius 2 is 2.04 bits per heavy atom. The van der Waals surface area contributed by atoms with Crippen LogP contribution in [0.25, 0.3) is 0 Å². The highest BCUT2D eigenvalue weighted by Crippen LogP contribution is 2.33. The van der Waals surface area contributed by atoms with Crippen LogP contribution < -0.4 is 10.2 Å². The summed E-state index contributed by atoms with van der Waals surface area (Å²) >= 11 is 0. The van der Waals surface area contributed by atoms with E-state index in [9.17, 15) is 4.79 Å². The van der Waals surface area contributed by atoms with E-state index in [0.29, 0.717) is 5.82 Å². The van der Waals surface area contributed by atoms with Crippen molar-refractivity contribution in [1.29, 1.82) is 0 Å². The lowest BCUT2D eigenvalue weighted by atomic mass is 10.2. The van der Waals surface area contributed by atoms with Crippen molar-refractivity contribution >= 4 is 23.1 Å². The second-order valence-electron chi connectivity index (χ2n) is 5.36. The Labute approximate surface area is 133 Å². The summed E-state index contributed by atoms with van der Waals surface area (Å²) in [5.74, 6) is 0.466. The van der Waals surface area contributed by atoms with Crippen LogP contribution in [0.15, 0.2) is 65.4 Å². The number of carbonyl (C=O) groups excluding carboxylic acids is 1. The second kappa shape index (κ2) is 5.61. The average molecular weight is 305 g/mol. The summed E-state index contributed by atoms with van der Waals surface area (Å²) in [6.07, 6.45) is 4.28. The van der Waals surface area contributed by atoms with Gasteiger partial charge < -0.3 is 14.6 Å². The lowest BCUT2D eigenvalue weighted by molar-refractivity contribution is 0.0996. The van der Waals surface area contributed by atoms with Gasteiger partial charge in [-0.15, -0.1) is 0 Å². The number of nitrogens with one attached hydrogen (secondary N) is 1. The Kier molecular flexibility index (Phi) is 3.31. The highest BCUT2D eigenvalue weighted by atomic mass is 16.3. The van der Waals surface area contributed by atoms with Crippen LogP contribution in [0.4, 0.5) is 17.2 Å².